The predicted molar refractivity (Wildman–Crippen MR) is 107 cm³/mol. The van der Waals surface area contributed by atoms with Crippen molar-refractivity contribution in [3.63, 3.8) is 0 Å². The Morgan fingerprint density at radius 3 is 2.96 bits per heavy atom. The number of amides is 1. The number of nitrogens with one attached hydrogen (secondary N) is 1. The van der Waals surface area contributed by atoms with Gasteiger partial charge in [0.25, 0.3) is 0 Å². The van der Waals surface area contributed by atoms with Crippen LogP contribution in [0.2, 0.25) is 0 Å². The summed E-state index contributed by atoms with van der Waals surface area (Å²) in [6, 6.07) is 7.94. The molecule has 146 valence electrons. The molecule has 0 radical (unpaired) electrons. The van der Waals surface area contributed by atoms with E-state index < -0.39 is 0 Å². The molecule has 7 heteroatoms. The van der Waals surface area contributed by atoms with Crippen LogP contribution in [0.15, 0.2) is 28.8 Å². The fourth-order valence-electron chi connectivity index (χ4n) is 3.37. The van der Waals surface area contributed by atoms with Crippen LogP contribution in [-0.4, -0.2) is 34.4 Å². The zero-order valence-corrected chi connectivity index (χ0v) is 16.8. The van der Waals surface area contributed by atoms with Gasteiger partial charge in [0.05, 0.1) is 23.7 Å². The highest BCUT2D eigenvalue weighted by Crippen LogP contribution is 2.28. The molecule has 27 heavy (non-hydrogen) atoms. The molecule has 1 N–H and O–H groups in total. The van der Waals surface area contributed by atoms with Crippen molar-refractivity contribution >= 4 is 17.7 Å². The van der Waals surface area contributed by atoms with Gasteiger partial charge in [0.2, 0.25) is 17.6 Å². The first-order valence-corrected chi connectivity index (χ1v) is 10.7. The second-order valence-electron chi connectivity index (χ2n) is 6.87. The predicted octanol–water partition coefficient (Wildman–Crippen LogP) is 4.06. The Balaban J connectivity index is 1.49. The number of nitrogens with zero attached hydrogens (tertiary/aromatic N) is 2. The van der Waals surface area contributed by atoms with Gasteiger partial charge in [0.1, 0.15) is 5.75 Å². The maximum Gasteiger partial charge on any atom is 0.236 e. The van der Waals surface area contributed by atoms with E-state index in [1.165, 1.54) is 31.0 Å². The van der Waals surface area contributed by atoms with Crippen LogP contribution in [0.25, 0.3) is 11.4 Å². The highest BCUT2D eigenvalue weighted by Gasteiger charge is 2.22. The lowest BCUT2D eigenvalue weighted by molar-refractivity contribution is -0.119. The number of aromatic nitrogens is 2. The molecule has 1 aromatic carbocycles. The summed E-state index contributed by atoms with van der Waals surface area (Å²) in [6.07, 6.45) is 4.76. The van der Waals surface area contributed by atoms with Gasteiger partial charge in [-0.15, -0.1) is 11.8 Å². The minimum atomic E-state index is 0.0835. The van der Waals surface area contributed by atoms with E-state index in [1.54, 1.807) is 0 Å². The zero-order chi connectivity index (χ0) is 19.1. The topological polar surface area (TPSA) is 77.2 Å². The zero-order valence-electron chi connectivity index (χ0n) is 15.9. The fraction of sp³-hybridized carbons (Fsp3) is 0.550. The molecule has 0 saturated heterocycles. The molecule has 1 aliphatic rings. The number of carbonyl (C=O) groups excluding carboxylic acids is 1. The standard InChI is InChI=1S/C20H27N3O3S/c1-3-25-17-11-7-5-9-15(17)20-22-19(26-23-20)13-27-12-18(24)21-16-10-6-4-8-14(16)2/h5,7,9,11,14,16H,3-4,6,8,10,12-13H2,1-2H3,(H,21,24)/t14-,16-/m1/s1. The van der Waals surface area contributed by atoms with Crippen LogP contribution in [0.5, 0.6) is 5.75 Å². The maximum atomic E-state index is 12.2. The summed E-state index contributed by atoms with van der Waals surface area (Å²) in [5.41, 5.74) is 0.809. The summed E-state index contributed by atoms with van der Waals surface area (Å²) in [5.74, 6) is 3.32. The molecule has 2 aromatic rings. The lowest BCUT2D eigenvalue weighted by Gasteiger charge is -2.29. The summed E-state index contributed by atoms with van der Waals surface area (Å²) in [7, 11) is 0. The molecule has 0 bridgehead atoms. The highest BCUT2D eigenvalue weighted by molar-refractivity contribution is 7.99. The summed E-state index contributed by atoms with van der Waals surface area (Å²) in [6.45, 7) is 4.73. The lowest BCUT2D eigenvalue weighted by atomic mass is 9.86. The Kier molecular flexibility index (Phi) is 7.15. The summed E-state index contributed by atoms with van der Waals surface area (Å²) in [4.78, 5) is 16.6. The van der Waals surface area contributed by atoms with E-state index in [0.29, 0.717) is 41.8 Å². The number of ether oxygens (including phenoxy) is 1. The van der Waals surface area contributed by atoms with Crippen LogP contribution in [0.3, 0.4) is 0 Å². The number of thioether (sulfide) groups is 1. The van der Waals surface area contributed by atoms with Crippen LogP contribution in [0.1, 0.15) is 45.4 Å². The fourth-order valence-corrected chi connectivity index (χ4v) is 4.03. The number of para-hydroxylation sites is 1. The molecule has 1 aromatic heterocycles. The first-order valence-electron chi connectivity index (χ1n) is 9.59. The van der Waals surface area contributed by atoms with Gasteiger partial charge in [-0.1, -0.05) is 37.1 Å². The minimum Gasteiger partial charge on any atom is -0.493 e. The van der Waals surface area contributed by atoms with Gasteiger partial charge in [0, 0.05) is 6.04 Å². The second-order valence-corrected chi connectivity index (χ2v) is 7.86. The SMILES string of the molecule is CCOc1ccccc1-c1noc(CSCC(=O)N[C@@H]2CCCC[C@H]2C)n1. The van der Waals surface area contributed by atoms with Crippen molar-refractivity contribution in [2.75, 3.05) is 12.4 Å². The van der Waals surface area contributed by atoms with E-state index in [9.17, 15) is 4.79 Å². The van der Waals surface area contributed by atoms with E-state index in [4.69, 9.17) is 9.26 Å². The molecule has 0 aliphatic heterocycles. The van der Waals surface area contributed by atoms with Gasteiger partial charge in [0.15, 0.2) is 0 Å². The van der Waals surface area contributed by atoms with Crippen LogP contribution < -0.4 is 10.1 Å². The highest BCUT2D eigenvalue weighted by atomic mass is 32.2. The normalized spacial score (nSPS) is 19.6. The molecule has 1 saturated carbocycles. The van der Waals surface area contributed by atoms with E-state index in [1.807, 2.05) is 31.2 Å². The molecule has 0 spiro atoms. The van der Waals surface area contributed by atoms with Gasteiger partial charge >= 0.3 is 0 Å². The third kappa shape index (κ3) is 5.48. The van der Waals surface area contributed by atoms with Crippen molar-refractivity contribution in [2.45, 2.75) is 51.3 Å². The van der Waals surface area contributed by atoms with Gasteiger partial charge in [-0.25, -0.2) is 0 Å². The summed E-state index contributed by atoms with van der Waals surface area (Å²) < 4.78 is 10.9. The van der Waals surface area contributed by atoms with Crippen molar-refractivity contribution in [1.29, 1.82) is 0 Å². The van der Waals surface area contributed by atoms with Gasteiger partial charge in [-0.05, 0) is 37.8 Å². The average Bonchev–Trinajstić information content (AvgIpc) is 3.13. The molecule has 0 unspecified atom stereocenters. The maximum absolute atomic E-state index is 12.2. The summed E-state index contributed by atoms with van der Waals surface area (Å²) in [5, 5.41) is 7.22. The Bertz CT molecular complexity index is 750. The van der Waals surface area contributed by atoms with Gasteiger partial charge < -0.3 is 14.6 Å². The molecule has 1 heterocycles. The van der Waals surface area contributed by atoms with E-state index in [2.05, 4.69) is 22.4 Å². The van der Waals surface area contributed by atoms with Gasteiger partial charge in [-0.2, -0.15) is 4.98 Å². The quantitative estimate of drug-likeness (QED) is 0.733. The first kappa shape index (κ1) is 19.7. The van der Waals surface area contributed by atoms with Crippen molar-refractivity contribution in [1.82, 2.24) is 15.5 Å². The minimum absolute atomic E-state index is 0.0835. The third-order valence-electron chi connectivity index (χ3n) is 4.81. The molecule has 1 amide bonds. The monoisotopic (exact) mass is 389 g/mol. The van der Waals surface area contributed by atoms with Crippen molar-refractivity contribution < 1.29 is 14.1 Å². The number of benzene rings is 1. The molecule has 3 rings (SSSR count). The molecule has 2 atom stereocenters. The summed E-state index contributed by atoms with van der Waals surface area (Å²) >= 11 is 1.49. The van der Waals surface area contributed by atoms with E-state index in [-0.39, 0.29) is 5.91 Å². The number of carbonyl (C=O) groups is 1. The lowest BCUT2D eigenvalue weighted by Crippen LogP contribution is -2.41. The number of rotatable bonds is 8. The Hall–Kier alpha value is -2.02. The first-order chi connectivity index (χ1) is 13.2. The average molecular weight is 390 g/mol. The smallest absolute Gasteiger partial charge is 0.236 e. The molecular formula is C20H27N3O3S. The van der Waals surface area contributed by atoms with Crippen LogP contribution >= 0.6 is 11.8 Å². The second kappa shape index (κ2) is 9.78. The van der Waals surface area contributed by atoms with Crippen LogP contribution in [-0.2, 0) is 10.5 Å². The Morgan fingerprint density at radius 2 is 2.15 bits per heavy atom. The number of hydrogen-bond acceptors (Lipinski definition) is 6. The van der Waals surface area contributed by atoms with Crippen molar-refractivity contribution in [2.24, 2.45) is 5.92 Å². The van der Waals surface area contributed by atoms with Crippen molar-refractivity contribution in [3.8, 4) is 17.1 Å². The largest absolute Gasteiger partial charge is 0.493 e. The van der Waals surface area contributed by atoms with E-state index >= 15 is 0 Å². The number of hydrogen-bond donors (Lipinski definition) is 1. The molecular weight excluding hydrogens is 362 g/mol. The van der Waals surface area contributed by atoms with Crippen LogP contribution in [0.4, 0.5) is 0 Å². The van der Waals surface area contributed by atoms with Crippen LogP contribution in [0, 0.1) is 5.92 Å². The molecule has 1 aliphatic carbocycles. The molecule has 6 nitrogen and oxygen atoms in total. The third-order valence-corrected chi connectivity index (χ3v) is 5.73. The van der Waals surface area contributed by atoms with Gasteiger partial charge in [-0.3, -0.25) is 4.79 Å². The van der Waals surface area contributed by atoms with E-state index in [0.717, 1.165) is 17.7 Å². The molecule has 1 fully saturated rings. The van der Waals surface area contributed by atoms with Crippen molar-refractivity contribution in [3.05, 3.63) is 30.2 Å². The Labute approximate surface area is 164 Å². The Morgan fingerprint density at radius 1 is 1.33 bits per heavy atom.